The molecule has 0 aromatic heterocycles. The number of carbonyl (C=O) groups excluding carboxylic acids is 1. The molecule has 0 bridgehead atoms. The Bertz CT molecular complexity index is 133. The normalized spacial score (nSPS) is 9.73. The van der Waals surface area contributed by atoms with Gasteiger partial charge in [0.05, 0.1) is 6.42 Å². The van der Waals surface area contributed by atoms with Crippen LogP contribution < -0.4 is 0 Å². The summed E-state index contributed by atoms with van der Waals surface area (Å²) in [5.74, 6) is -0.361. The van der Waals surface area contributed by atoms with Crippen LogP contribution in [-0.2, 0) is 18.1 Å². The van der Waals surface area contributed by atoms with Gasteiger partial charge in [0, 0.05) is 14.2 Å². The Morgan fingerprint density at radius 1 is 1.55 bits per heavy atom. The molecule has 0 heterocycles. The Balaban J connectivity index is 3.62. The van der Waals surface area contributed by atoms with Gasteiger partial charge in [0.1, 0.15) is 0 Å². The summed E-state index contributed by atoms with van der Waals surface area (Å²) in [5.41, 5.74) is 0. The third-order valence-corrected chi connectivity index (χ3v) is 2.15. The van der Waals surface area contributed by atoms with Gasteiger partial charge in [0.15, 0.2) is 0 Å². The van der Waals surface area contributed by atoms with Gasteiger partial charge >= 0.3 is 9.53 Å². The molecule has 0 aromatic carbocycles. The molecule has 0 atom stereocenters. The van der Waals surface area contributed by atoms with Crippen LogP contribution in [0.1, 0.15) is 6.42 Å². The number of hydrogen-bond acceptors (Lipinski definition) is 4. The van der Waals surface area contributed by atoms with Gasteiger partial charge in [-0.25, -0.2) is 0 Å². The van der Waals surface area contributed by atoms with Crippen LogP contribution in [0.15, 0.2) is 12.7 Å². The third-order valence-electron chi connectivity index (χ3n) is 0.924. The largest absolute Gasteiger partial charge is 0.550 e. The molecule has 0 aromatic rings. The second kappa shape index (κ2) is 6.08. The fraction of sp³-hybridized carbons (Fsp3) is 0.500. The molecule has 11 heavy (non-hydrogen) atoms. The average Bonchev–Trinajstić information content (AvgIpc) is 2.01. The summed E-state index contributed by atoms with van der Waals surface area (Å²) in [6.07, 6.45) is 1.66. The van der Waals surface area contributed by atoms with Gasteiger partial charge in [-0.2, -0.15) is 0 Å². The predicted octanol–water partition coefficient (Wildman–Crippen LogP) is 0.116. The van der Waals surface area contributed by atoms with E-state index in [1.165, 1.54) is 20.3 Å². The molecule has 0 aliphatic heterocycles. The van der Waals surface area contributed by atoms with Gasteiger partial charge in [0.25, 0.3) is 5.97 Å². The molecule has 0 rings (SSSR count). The van der Waals surface area contributed by atoms with Crippen LogP contribution in [0, 0.1) is 0 Å². The van der Waals surface area contributed by atoms with E-state index < -0.39 is 9.53 Å². The van der Waals surface area contributed by atoms with Gasteiger partial charge in [-0.3, -0.25) is 4.79 Å². The van der Waals surface area contributed by atoms with E-state index >= 15 is 0 Å². The van der Waals surface area contributed by atoms with Crippen molar-refractivity contribution in [2.75, 3.05) is 14.2 Å². The van der Waals surface area contributed by atoms with E-state index in [1.54, 1.807) is 0 Å². The molecule has 0 amide bonds. The van der Waals surface area contributed by atoms with Crippen molar-refractivity contribution in [2.45, 2.75) is 6.42 Å². The fourth-order valence-corrected chi connectivity index (χ4v) is 1.16. The summed E-state index contributed by atoms with van der Waals surface area (Å²) in [5, 5.41) is 0. The molecule has 0 aliphatic carbocycles. The Kier molecular flexibility index (Phi) is 5.72. The van der Waals surface area contributed by atoms with E-state index in [4.69, 9.17) is 13.3 Å². The van der Waals surface area contributed by atoms with E-state index in [0.717, 1.165) is 0 Å². The molecule has 0 saturated carbocycles. The van der Waals surface area contributed by atoms with Gasteiger partial charge in [-0.05, 0) is 0 Å². The lowest BCUT2D eigenvalue weighted by Crippen LogP contribution is -2.27. The zero-order valence-corrected chi connectivity index (χ0v) is 7.86. The van der Waals surface area contributed by atoms with Crippen molar-refractivity contribution in [1.82, 2.24) is 0 Å². The van der Waals surface area contributed by atoms with Crippen LogP contribution in [0.25, 0.3) is 0 Å². The number of hydrogen-bond donors (Lipinski definition) is 0. The van der Waals surface area contributed by atoms with Gasteiger partial charge in [-0.1, -0.05) is 6.08 Å². The van der Waals surface area contributed by atoms with Crippen LogP contribution in [0.2, 0.25) is 0 Å². The maximum absolute atomic E-state index is 10.8. The summed E-state index contributed by atoms with van der Waals surface area (Å²) in [4.78, 5) is 10.8. The SMILES string of the molecule is C=CCC(=O)O[SiH](OC)OC. The summed E-state index contributed by atoms with van der Waals surface area (Å²) in [6, 6.07) is 0. The van der Waals surface area contributed by atoms with Crippen molar-refractivity contribution in [2.24, 2.45) is 0 Å². The van der Waals surface area contributed by atoms with E-state index in [1.807, 2.05) is 0 Å². The minimum atomic E-state index is -2.18. The molecular formula is C6H12O4Si. The van der Waals surface area contributed by atoms with E-state index in [9.17, 15) is 4.79 Å². The molecule has 0 aliphatic rings. The molecular weight excluding hydrogens is 164 g/mol. The Morgan fingerprint density at radius 2 is 2.09 bits per heavy atom. The highest BCUT2D eigenvalue weighted by atomic mass is 28.3. The first-order chi connectivity index (χ1) is 5.24. The predicted molar refractivity (Wildman–Crippen MR) is 42.1 cm³/mol. The summed E-state index contributed by atoms with van der Waals surface area (Å²) in [7, 11) is 0.713. The molecule has 4 nitrogen and oxygen atoms in total. The lowest BCUT2D eigenvalue weighted by molar-refractivity contribution is -0.136. The zero-order chi connectivity index (χ0) is 8.69. The topological polar surface area (TPSA) is 44.8 Å². The highest BCUT2D eigenvalue weighted by Gasteiger charge is 2.15. The molecule has 0 unspecified atom stereocenters. The molecule has 5 heteroatoms. The minimum absolute atomic E-state index is 0.191. The molecule has 0 spiro atoms. The molecule has 0 saturated heterocycles. The number of rotatable bonds is 5. The lowest BCUT2D eigenvalue weighted by Gasteiger charge is -2.09. The summed E-state index contributed by atoms with van der Waals surface area (Å²) in [6.45, 7) is 3.39. The zero-order valence-electron chi connectivity index (χ0n) is 6.70. The van der Waals surface area contributed by atoms with Crippen LogP contribution in [-0.4, -0.2) is 29.7 Å². The quantitative estimate of drug-likeness (QED) is 0.441. The third kappa shape index (κ3) is 4.71. The Labute approximate surface area is 67.7 Å². The van der Waals surface area contributed by atoms with Crippen molar-refractivity contribution >= 4 is 15.5 Å². The first kappa shape index (κ1) is 10.3. The Hall–Kier alpha value is -0.653. The first-order valence-electron chi connectivity index (χ1n) is 3.10. The van der Waals surface area contributed by atoms with Gasteiger partial charge in [-0.15, -0.1) is 6.58 Å². The van der Waals surface area contributed by atoms with Crippen LogP contribution in [0.5, 0.6) is 0 Å². The van der Waals surface area contributed by atoms with E-state index in [0.29, 0.717) is 0 Å². The second-order valence-corrected chi connectivity index (χ2v) is 3.50. The highest BCUT2D eigenvalue weighted by molar-refractivity contribution is 6.39. The first-order valence-corrected chi connectivity index (χ1v) is 4.52. The van der Waals surface area contributed by atoms with Crippen molar-refractivity contribution in [3.63, 3.8) is 0 Å². The minimum Gasteiger partial charge on any atom is -0.475 e. The summed E-state index contributed by atoms with van der Waals surface area (Å²) >= 11 is 0. The van der Waals surface area contributed by atoms with E-state index in [2.05, 4.69) is 6.58 Å². The molecule has 64 valence electrons. The second-order valence-electron chi connectivity index (χ2n) is 1.74. The van der Waals surface area contributed by atoms with Crippen molar-refractivity contribution in [3.05, 3.63) is 12.7 Å². The van der Waals surface area contributed by atoms with Crippen LogP contribution in [0.3, 0.4) is 0 Å². The average molecular weight is 176 g/mol. The van der Waals surface area contributed by atoms with Crippen molar-refractivity contribution in [3.8, 4) is 0 Å². The highest BCUT2D eigenvalue weighted by Crippen LogP contribution is 1.92. The molecule has 0 radical (unpaired) electrons. The smallest absolute Gasteiger partial charge is 0.475 e. The lowest BCUT2D eigenvalue weighted by atomic mass is 10.4. The molecule has 0 fully saturated rings. The maximum Gasteiger partial charge on any atom is 0.550 e. The van der Waals surface area contributed by atoms with Crippen LogP contribution >= 0.6 is 0 Å². The summed E-state index contributed by atoms with van der Waals surface area (Å²) < 4.78 is 14.3. The van der Waals surface area contributed by atoms with Gasteiger partial charge < -0.3 is 13.3 Å². The van der Waals surface area contributed by atoms with Crippen LogP contribution in [0.4, 0.5) is 0 Å². The molecule has 0 N–H and O–H groups in total. The standard InChI is InChI=1S/C6H12O4Si/c1-4-5-6(7)10-11(8-2)9-3/h4,11H,1,5H2,2-3H3. The Morgan fingerprint density at radius 3 is 2.45 bits per heavy atom. The number of carbonyl (C=O) groups is 1. The van der Waals surface area contributed by atoms with E-state index in [-0.39, 0.29) is 12.4 Å². The maximum atomic E-state index is 10.8. The van der Waals surface area contributed by atoms with Crippen molar-refractivity contribution < 1.29 is 18.1 Å². The van der Waals surface area contributed by atoms with Crippen molar-refractivity contribution in [1.29, 1.82) is 0 Å². The van der Waals surface area contributed by atoms with Gasteiger partial charge in [0.2, 0.25) is 0 Å². The monoisotopic (exact) mass is 176 g/mol. The fourth-order valence-electron chi connectivity index (χ4n) is 0.466.